The third-order valence-corrected chi connectivity index (χ3v) is 6.40. The molecule has 0 N–H and O–H groups in total. The summed E-state index contributed by atoms with van der Waals surface area (Å²) in [6.07, 6.45) is 3.54. The largest absolute Gasteiger partial charge is 0.361 e. The van der Waals surface area contributed by atoms with Crippen molar-refractivity contribution in [3.05, 3.63) is 38.4 Å². The maximum atomic E-state index is 12.7. The lowest BCUT2D eigenvalue weighted by Gasteiger charge is -2.34. The second kappa shape index (κ2) is 6.33. The summed E-state index contributed by atoms with van der Waals surface area (Å²) in [4.78, 5) is 19.5. The zero-order valence-corrected chi connectivity index (χ0v) is 15.1. The van der Waals surface area contributed by atoms with Crippen LogP contribution >= 0.6 is 11.3 Å². The maximum absolute atomic E-state index is 12.7. The highest BCUT2D eigenvalue weighted by atomic mass is 32.1. The van der Waals surface area contributed by atoms with Crippen molar-refractivity contribution < 1.29 is 9.32 Å². The van der Waals surface area contributed by atoms with E-state index >= 15 is 0 Å². The molecule has 24 heavy (non-hydrogen) atoms. The van der Waals surface area contributed by atoms with Crippen LogP contribution in [0.5, 0.6) is 0 Å². The van der Waals surface area contributed by atoms with E-state index in [4.69, 9.17) is 4.52 Å². The first-order valence-electron chi connectivity index (χ1n) is 8.67. The van der Waals surface area contributed by atoms with Crippen LogP contribution in [0.4, 0.5) is 0 Å². The zero-order chi connectivity index (χ0) is 16.7. The molecule has 5 nitrogen and oxygen atoms in total. The number of rotatable bonds is 3. The first-order valence-corrected chi connectivity index (χ1v) is 9.48. The summed E-state index contributed by atoms with van der Waals surface area (Å²) in [6, 6.07) is 2.13. The Kier molecular flexibility index (Phi) is 4.18. The molecule has 0 radical (unpaired) electrons. The molecule has 1 amide bonds. The molecule has 2 aromatic rings. The fourth-order valence-corrected chi connectivity index (χ4v) is 4.87. The highest BCUT2D eigenvalue weighted by molar-refractivity contribution is 7.14. The topological polar surface area (TPSA) is 49.6 Å². The van der Waals surface area contributed by atoms with Crippen LogP contribution in [0.2, 0.25) is 0 Å². The molecular formula is C18H23N3O2S. The number of carbonyl (C=O) groups excluding carboxylic acids is 1. The van der Waals surface area contributed by atoms with Crippen molar-refractivity contribution in [1.82, 2.24) is 15.0 Å². The van der Waals surface area contributed by atoms with Crippen LogP contribution in [-0.2, 0) is 19.4 Å². The molecule has 1 saturated heterocycles. The molecule has 0 spiro atoms. The minimum Gasteiger partial charge on any atom is -0.361 e. The number of piperazine rings is 1. The molecule has 0 bridgehead atoms. The van der Waals surface area contributed by atoms with Crippen molar-refractivity contribution in [3.63, 3.8) is 0 Å². The Bertz CT molecular complexity index is 715. The zero-order valence-electron chi connectivity index (χ0n) is 14.3. The Hall–Kier alpha value is -1.66. The van der Waals surface area contributed by atoms with Gasteiger partial charge in [0.15, 0.2) is 0 Å². The van der Waals surface area contributed by atoms with Gasteiger partial charge in [0.1, 0.15) is 5.76 Å². The molecule has 0 aromatic carbocycles. The fourth-order valence-electron chi connectivity index (χ4n) is 3.65. The van der Waals surface area contributed by atoms with E-state index in [1.54, 1.807) is 11.3 Å². The molecule has 2 aromatic heterocycles. The molecule has 2 aliphatic rings. The fraction of sp³-hybridized carbons (Fsp3) is 0.556. The van der Waals surface area contributed by atoms with Crippen molar-refractivity contribution in [2.24, 2.45) is 0 Å². The summed E-state index contributed by atoms with van der Waals surface area (Å²) in [7, 11) is 0. The normalized spacial score (nSPS) is 18.2. The SMILES string of the molecule is Cc1noc(C)c1CN1CCN(C(=O)c2cc3c(s2)CCC3)CC1. The second-order valence-electron chi connectivity index (χ2n) is 6.78. The molecule has 0 atom stereocenters. The number of carbonyl (C=O) groups is 1. The van der Waals surface area contributed by atoms with Gasteiger partial charge in [-0.05, 0) is 44.7 Å². The van der Waals surface area contributed by atoms with Gasteiger partial charge in [0.2, 0.25) is 0 Å². The van der Waals surface area contributed by atoms with Gasteiger partial charge >= 0.3 is 0 Å². The molecule has 0 unspecified atom stereocenters. The van der Waals surface area contributed by atoms with E-state index < -0.39 is 0 Å². The Balaban J connectivity index is 1.36. The van der Waals surface area contributed by atoms with Crippen LogP contribution in [0, 0.1) is 13.8 Å². The summed E-state index contributed by atoms with van der Waals surface area (Å²) in [6.45, 7) is 8.21. The highest BCUT2D eigenvalue weighted by Gasteiger charge is 2.26. The average Bonchev–Trinajstić information content (AvgIpc) is 3.26. The Labute approximate surface area is 146 Å². The van der Waals surface area contributed by atoms with Crippen LogP contribution in [0.3, 0.4) is 0 Å². The van der Waals surface area contributed by atoms with Gasteiger partial charge in [-0.1, -0.05) is 5.16 Å². The van der Waals surface area contributed by atoms with Crippen LogP contribution in [-0.4, -0.2) is 47.0 Å². The van der Waals surface area contributed by atoms with Crippen molar-refractivity contribution in [3.8, 4) is 0 Å². The number of aryl methyl sites for hydroxylation is 4. The number of hydrogen-bond acceptors (Lipinski definition) is 5. The van der Waals surface area contributed by atoms with E-state index in [0.717, 1.165) is 61.9 Å². The summed E-state index contributed by atoms with van der Waals surface area (Å²) in [5, 5.41) is 4.02. The first kappa shape index (κ1) is 15.8. The van der Waals surface area contributed by atoms with Gasteiger partial charge in [-0.15, -0.1) is 11.3 Å². The average molecular weight is 345 g/mol. The van der Waals surface area contributed by atoms with Crippen LogP contribution in [0.1, 0.15) is 43.6 Å². The minimum absolute atomic E-state index is 0.214. The third-order valence-electron chi connectivity index (χ3n) is 5.18. The molecular weight excluding hydrogens is 322 g/mol. The first-order chi connectivity index (χ1) is 11.6. The van der Waals surface area contributed by atoms with Gasteiger partial charge in [-0.25, -0.2) is 0 Å². The summed E-state index contributed by atoms with van der Waals surface area (Å²) < 4.78 is 5.24. The lowest BCUT2D eigenvalue weighted by molar-refractivity contribution is 0.0632. The number of amides is 1. The van der Waals surface area contributed by atoms with Gasteiger partial charge < -0.3 is 9.42 Å². The number of hydrogen-bond donors (Lipinski definition) is 0. The van der Waals surface area contributed by atoms with Crippen molar-refractivity contribution >= 4 is 17.2 Å². The molecule has 6 heteroatoms. The number of nitrogens with zero attached hydrogens (tertiary/aromatic N) is 3. The summed E-state index contributed by atoms with van der Waals surface area (Å²) in [5.41, 5.74) is 3.56. The van der Waals surface area contributed by atoms with Gasteiger partial charge in [-0.2, -0.15) is 0 Å². The van der Waals surface area contributed by atoms with Crippen molar-refractivity contribution in [2.75, 3.05) is 26.2 Å². The molecule has 1 aliphatic heterocycles. The second-order valence-corrected chi connectivity index (χ2v) is 7.92. The van der Waals surface area contributed by atoms with Crippen molar-refractivity contribution in [2.45, 2.75) is 39.7 Å². The standard InChI is InChI=1S/C18H23N3O2S/c1-12-15(13(2)23-19-12)11-20-6-8-21(9-7-20)18(22)17-10-14-4-3-5-16(14)24-17/h10H,3-9,11H2,1-2H3. The molecule has 128 valence electrons. The van der Waals surface area contributed by atoms with Crippen molar-refractivity contribution in [1.29, 1.82) is 0 Å². The van der Waals surface area contributed by atoms with E-state index in [-0.39, 0.29) is 5.91 Å². The van der Waals surface area contributed by atoms with Crippen LogP contribution in [0.15, 0.2) is 10.6 Å². The molecule has 1 fully saturated rings. The molecule has 0 saturated carbocycles. The van der Waals surface area contributed by atoms with E-state index in [9.17, 15) is 4.79 Å². The summed E-state index contributed by atoms with van der Waals surface area (Å²) in [5.74, 6) is 1.12. The third kappa shape index (κ3) is 2.89. The maximum Gasteiger partial charge on any atom is 0.264 e. The van der Waals surface area contributed by atoms with E-state index in [1.165, 1.54) is 22.4 Å². The molecule has 3 heterocycles. The quantitative estimate of drug-likeness (QED) is 0.858. The van der Waals surface area contributed by atoms with Gasteiger partial charge in [0.25, 0.3) is 5.91 Å². The lowest BCUT2D eigenvalue weighted by Crippen LogP contribution is -2.48. The minimum atomic E-state index is 0.214. The number of aromatic nitrogens is 1. The number of fused-ring (bicyclic) bond motifs is 1. The van der Waals surface area contributed by atoms with Gasteiger partial charge in [0.05, 0.1) is 10.6 Å². The van der Waals surface area contributed by atoms with Crippen LogP contribution < -0.4 is 0 Å². The Morgan fingerprint density at radius 3 is 2.71 bits per heavy atom. The smallest absolute Gasteiger partial charge is 0.264 e. The van der Waals surface area contributed by atoms with Gasteiger partial charge in [0, 0.05) is 43.2 Å². The molecule has 1 aliphatic carbocycles. The highest BCUT2D eigenvalue weighted by Crippen LogP contribution is 2.31. The van der Waals surface area contributed by atoms with E-state index in [1.807, 2.05) is 18.7 Å². The number of thiophene rings is 1. The predicted molar refractivity (Wildman–Crippen MR) is 93.5 cm³/mol. The monoisotopic (exact) mass is 345 g/mol. The molecule has 4 rings (SSSR count). The Morgan fingerprint density at radius 1 is 1.25 bits per heavy atom. The van der Waals surface area contributed by atoms with E-state index in [2.05, 4.69) is 16.1 Å². The van der Waals surface area contributed by atoms with Crippen LogP contribution in [0.25, 0.3) is 0 Å². The van der Waals surface area contributed by atoms with Gasteiger partial charge in [-0.3, -0.25) is 9.69 Å². The lowest BCUT2D eigenvalue weighted by atomic mass is 10.1. The predicted octanol–water partition coefficient (Wildman–Crippen LogP) is 2.80. The summed E-state index contributed by atoms with van der Waals surface area (Å²) >= 11 is 1.71. The van der Waals surface area contributed by atoms with E-state index in [0.29, 0.717) is 0 Å². The Morgan fingerprint density at radius 2 is 2.04 bits per heavy atom.